The quantitative estimate of drug-likeness (QED) is 0.916. The summed E-state index contributed by atoms with van der Waals surface area (Å²) in [5, 5.41) is 13.9. The molecule has 0 spiro atoms. The van der Waals surface area contributed by atoms with Gasteiger partial charge in [0.1, 0.15) is 11.9 Å². The van der Waals surface area contributed by atoms with E-state index in [1.165, 1.54) is 0 Å². The van der Waals surface area contributed by atoms with Gasteiger partial charge in [-0.15, -0.1) is 0 Å². The number of nitrogens with one attached hydrogen (secondary N) is 1. The molecule has 1 amide bonds. The molecule has 3 rings (SSSR count). The van der Waals surface area contributed by atoms with Crippen molar-refractivity contribution >= 4 is 23.2 Å². The van der Waals surface area contributed by atoms with Crippen LogP contribution in [0.15, 0.2) is 36.4 Å². The van der Waals surface area contributed by atoms with Crippen molar-refractivity contribution in [2.75, 3.05) is 12.4 Å². The van der Waals surface area contributed by atoms with E-state index in [0.717, 1.165) is 5.56 Å². The molecular weight excluding hydrogens is 290 g/mol. The van der Waals surface area contributed by atoms with Gasteiger partial charge < -0.3 is 15.2 Å². The molecule has 1 heterocycles. The number of rotatable bonds is 3. The SMILES string of the molecule is COc1cccc(C(O)c2cc(Cl)cc3c2NC(=O)C3)c1. The predicted octanol–water partition coefficient (Wildman–Crippen LogP) is 2.92. The van der Waals surface area contributed by atoms with Crippen molar-refractivity contribution in [3.05, 3.63) is 58.1 Å². The summed E-state index contributed by atoms with van der Waals surface area (Å²) in [6, 6.07) is 10.6. The van der Waals surface area contributed by atoms with Crippen LogP contribution in [0.5, 0.6) is 5.75 Å². The van der Waals surface area contributed by atoms with E-state index in [2.05, 4.69) is 5.32 Å². The standard InChI is InChI=1S/C16H14ClNO3/c1-21-12-4-2-3-9(6-12)16(20)13-8-11(17)5-10-7-14(19)18-15(10)13/h2-6,8,16,20H,7H2,1H3,(H,18,19). The molecule has 108 valence electrons. The van der Waals surface area contributed by atoms with Gasteiger partial charge in [-0.2, -0.15) is 0 Å². The Bertz CT molecular complexity index is 715. The lowest BCUT2D eigenvalue weighted by molar-refractivity contribution is -0.115. The zero-order valence-electron chi connectivity index (χ0n) is 11.4. The number of aliphatic hydroxyl groups excluding tert-OH is 1. The number of halogens is 1. The summed E-state index contributed by atoms with van der Waals surface area (Å²) in [4.78, 5) is 11.6. The molecule has 1 aliphatic rings. The Morgan fingerprint density at radius 2 is 2.14 bits per heavy atom. The third-order valence-electron chi connectivity index (χ3n) is 3.53. The molecule has 2 aromatic carbocycles. The predicted molar refractivity (Wildman–Crippen MR) is 80.8 cm³/mol. The minimum absolute atomic E-state index is 0.0913. The van der Waals surface area contributed by atoms with E-state index in [0.29, 0.717) is 27.6 Å². The van der Waals surface area contributed by atoms with Gasteiger partial charge in [0.25, 0.3) is 0 Å². The van der Waals surface area contributed by atoms with E-state index in [-0.39, 0.29) is 12.3 Å². The summed E-state index contributed by atoms with van der Waals surface area (Å²) in [5.74, 6) is 0.570. The highest BCUT2D eigenvalue weighted by Crippen LogP contribution is 2.37. The summed E-state index contributed by atoms with van der Waals surface area (Å²) < 4.78 is 5.17. The van der Waals surface area contributed by atoms with E-state index in [1.807, 2.05) is 0 Å². The minimum Gasteiger partial charge on any atom is -0.497 e. The number of fused-ring (bicyclic) bond motifs is 1. The lowest BCUT2D eigenvalue weighted by atomic mass is 9.97. The van der Waals surface area contributed by atoms with Gasteiger partial charge in [-0.05, 0) is 35.4 Å². The van der Waals surface area contributed by atoms with Crippen LogP contribution in [0.25, 0.3) is 0 Å². The molecule has 5 heteroatoms. The van der Waals surface area contributed by atoms with Crippen molar-refractivity contribution in [3.63, 3.8) is 0 Å². The number of methoxy groups -OCH3 is 1. The van der Waals surface area contributed by atoms with Crippen LogP contribution in [0.2, 0.25) is 5.02 Å². The number of amides is 1. The summed E-state index contributed by atoms with van der Waals surface area (Å²) >= 11 is 6.09. The number of hydrogen-bond acceptors (Lipinski definition) is 3. The van der Waals surface area contributed by atoms with E-state index in [9.17, 15) is 9.90 Å². The Morgan fingerprint density at radius 1 is 1.33 bits per heavy atom. The fourth-order valence-corrected chi connectivity index (χ4v) is 2.79. The molecule has 4 nitrogen and oxygen atoms in total. The van der Waals surface area contributed by atoms with Gasteiger partial charge in [-0.1, -0.05) is 23.7 Å². The van der Waals surface area contributed by atoms with Crippen molar-refractivity contribution in [1.82, 2.24) is 0 Å². The number of ether oxygens (including phenoxy) is 1. The molecule has 0 saturated carbocycles. The zero-order chi connectivity index (χ0) is 15.0. The van der Waals surface area contributed by atoms with Crippen molar-refractivity contribution in [2.45, 2.75) is 12.5 Å². The number of anilines is 1. The lowest BCUT2D eigenvalue weighted by Gasteiger charge is -2.16. The van der Waals surface area contributed by atoms with Crippen LogP contribution in [0.1, 0.15) is 22.8 Å². The fourth-order valence-electron chi connectivity index (χ4n) is 2.54. The second-order valence-electron chi connectivity index (χ2n) is 4.93. The Labute approximate surface area is 127 Å². The first-order valence-corrected chi connectivity index (χ1v) is 6.90. The maximum Gasteiger partial charge on any atom is 0.228 e. The Hall–Kier alpha value is -2.04. The maximum absolute atomic E-state index is 11.6. The molecule has 1 unspecified atom stereocenters. The normalized spacial score (nSPS) is 14.5. The van der Waals surface area contributed by atoms with Crippen LogP contribution >= 0.6 is 11.6 Å². The molecule has 0 aliphatic carbocycles. The molecule has 0 fully saturated rings. The molecule has 2 N–H and O–H groups in total. The highest BCUT2D eigenvalue weighted by atomic mass is 35.5. The lowest BCUT2D eigenvalue weighted by Crippen LogP contribution is -2.07. The monoisotopic (exact) mass is 303 g/mol. The largest absolute Gasteiger partial charge is 0.497 e. The van der Waals surface area contributed by atoms with Crippen LogP contribution in [0, 0.1) is 0 Å². The minimum atomic E-state index is -0.883. The summed E-state index contributed by atoms with van der Waals surface area (Å²) in [6.45, 7) is 0. The van der Waals surface area contributed by atoms with E-state index < -0.39 is 6.10 Å². The highest BCUT2D eigenvalue weighted by Gasteiger charge is 2.25. The van der Waals surface area contributed by atoms with Crippen molar-refractivity contribution < 1.29 is 14.6 Å². The summed E-state index contributed by atoms with van der Waals surface area (Å²) in [6.07, 6.45) is -0.598. The van der Waals surface area contributed by atoms with Crippen LogP contribution in [-0.2, 0) is 11.2 Å². The van der Waals surface area contributed by atoms with Crippen molar-refractivity contribution in [3.8, 4) is 5.75 Å². The fraction of sp³-hybridized carbons (Fsp3) is 0.188. The second-order valence-corrected chi connectivity index (χ2v) is 5.37. The Morgan fingerprint density at radius 3 is 2.90 bits per heavy atom. The Balaban J connectivity index is 2.06. The molecule has 0 bridgehead atoms. The third kappa shape index (κ3) is 2.60. The average molecular weight is 304 g/mol. The molecule has 0 saturated heterocycles. The average Bonchev–Trinajstić information content (AvgIpc) is 2.85. The van der Waals surface area contributed by atoms with Gasteiger partial charge >= 0.3 is 0 Å². The number of carbonyl (C=O) groups is 1. The maximum atomic E-state index is 11.6. The van der Waals surface area contributed by atoms with Crippen LogP contribution in [-0.4, -0.2) is 18.1 Å². The van der Waals surface area contributed by atoms with Crippen molar-refractivity contribution in [2.24, 2.45) is 0 Å². The van der Waals surface area contributed by atoms with Crippen molar-refractivity contribution in [1.29, 1.82) is 0 Å². The highest BCUT2D eigenvalue weighted by molar-refractivity contribution is 6.31. The first kappa shape index (κ1) is 13.9. The van der Waals surface area contributed by atoms with Crippen LogP contribution < -0.4 is 10.1 Å². The van der Waals surface area contributed by atoms with Gasteiger partial charge in [-0.3, -0.25) is 4.79 Å². The third-order valence-corrected chi connectivity index (χ3v) is 3.75. The van der Waals surface area contributed by atoms with E-state index in [1.54, 1.807) is 43.5 Å². The van der Waals surface area contributed by atoms with E-state index >= 15 is 0 Å². The Kier molecular flexibility index (Phi) is 3.57. The van der Waals surface area contributed by atoms with Gasteiger partial charge in [0, 0.05) is 10.6 Å². The van der Waals surface area contributed by atoms with Gasteiger partial charge in [-0.25, -0.2) is 0 Å². The molecule has 1 aliphatic heterocycles. The molecular formula is C16H14ClNO3. The molecule has 21 heavy (non-hydrogen) atoms. The van der Waals surface area contributed by atoms with Gasteiger partial charge in [0.2, 0.25) is 5.91 Å². The summed E-state index contributed by atoms with van der Waals surface area (Å²) in [7, 11) is 1.57. The smallest absolute Gasteiger partial charge is 0.228 e. The first-order chi connectivity index (χ1) is 10.1. The number of carbonyl (C=O) groups excluding carboxylic acids is 1. The van der Waals surface area contributed by atoms with Crippen LogP contribution in [0.4, 0.5) is 5.69 Å². The topological polar surface area (TPSA) is 58.6 Å². The number of aliphatic hydroxyl groups is 1. The van der Waals surface area contributed by atoms with Gasteiger partial charge in [0.05, 0.1) is 19.2 Å². The second kappa shape index (κ2) is 5.39. The summed E-state index contributed by atoms with van der Waals surface area (Å²) in [5.41, 5.74) is 2.74. The number of benzene rings is 2. The van der Waals surface area contributed by atoms with Crippen LogP contribution in [0.3, 0.4) is 0 Å². The molecule has 2 aromatic rings. The number of hydrogen-bond donors (Lipinski definition) is 2. The zero-order valence-corrected chi connectivity index (χ0v) is 12.1. The molecule has 0 aromatic heterocycles. The van der Waals surface area contributed by atoms with Gasteiger partial charge in [0.15, 0.2) is 0 Å². The molecule has 0 radical (unpaired) electrons. The molecule has 1 atom stereocenters. The van der Waals surface area contributed by atoms with E-state index in [4.69, 9.17) is 16.3 Å². The first-order valence-electron chi connectivity index (χ1n) is 6.52.